The Morgan fingerprint density at radius 1 is 1.38 bits per heavy atom. The molecule has 0 aliphatic rings. The average molecular weight is 408 g/mol. The molecular weight excluding hydrogens is 394 g/mol. The Hall–Kier alpha value is -2.37. The van der Waals surface area contributed by atoms with Crippen molar-refractivity contribution >= 4 is 51.2 Å². The largest absolute Gasteiger partial charge is 0.302 e. The van der Waals surface area contributed by atoms with Gasteiger partial charge in [0.1, 0.15) is 5.01 Å². The number of anilines is 1. The smallest absolute Gasteiger partial charge is 0.270 e. The van der Waals surface area contributed by atoms with Gasteiger partial charge in [-0.25, -0.2) is 4.98 Å². The standard InChI is InChI=1S/C15H13N5O3S3/c1-9-18-19-15(26-9)24-6-5-13(21)17-14-16-12(8-25-14)10-3-2-4-11(7-10)20(22)23/h2-4,7-8H,5-6H2,1H3,(H,16,17,21). The van der Waals surface area contributed by atoms with Crippen molar-refractivity contribution in [3.63, 3.8) is 0 Å². The molecule has 0 fully saturated rings. The van der Waals surface area contributed by atoms with Crippen LogP contribution in [0.3, 0.4) is 0 Å². The van der Waals surface area contributed by atoms with E-state index in [9.17, 15) is 14.9 Å². The lowest BCUT2D eigenvalue weighted by Crippen LogP contribution is -2.11. The van der Waals surface area contributed by atoms with E-state index in [0.29, 0.717) is 28.6 Å². The van der Waals surface area contributed by atoms with Gasteiger partial charge in [-0.2, -0.15) is 0 Å². The highest BCUT2D eigenvalue weighted by molar-refractivity contribution is 8.01. The Bertz CT molecular complexity index is 940. The van der Waals surface area contributed by atoms with Crippen molar-refractivity contribution in [2.45, 2.75) is 17.7 Å². The van der Waals surface area contributed by atoms with Crippen LogP contribution in [-0.2, 0) is 4.79 Å². The van der Waals surface area contributed by atoms with Gasteiger partial charge in [-0.15, -0.1) is 21.5 Å². The van der Waals surface area contributed by atoms with E-state index in [1.807, 2.05) is 6.92 Å². The van der Waals surface area contributed by atoms with Gasteiger partial charge in [0.05, 0.1) is 10.6 Å². The number of nitro groups is 1. The molecule has 0 saturated carbocycles. The van der Waals surface area contributed by atoms with E-state index in [-0.39, 0.29) is 11.6 Å². The first-order valence-electron chi connectivity index (χ1n) is 7.44. The lowest BCUT2D eigenvalue weighted by molar-refractivity contribution is -0.384. The third kappa shape index (κ3) is 4.84. The monoisotopic (exact) mass is 407 g/mol. The second-order valence-corrected chi connectivity index (χ2v) is 8.46. The normalized spacial score (nSPS) is 10.7. The lowest BCUT2D eigenvalue weighted by atomic mass is 10.1. The molecule has 11 heteroatoms. The fraction of sp³-hybridized carbons (Fsp3) is 0.200. The van der Waals surface area contributed by atoms with Crippen LogP contribution < -0.4 is 5.32 Å². The highest BCUT2D eigenvalue weighted by atomic mass is 32.2. The molecule has 1 aromatic carbocycles. The second kappa shape index (κ2) is 8.34. The Morgan fingerprint density at radius 2 is 2.23 bits per heavy atom. The summed E-state index contributed by atoms with van der Waals surface area (Å²) < 4.78 is 0.845. The van der Waals surface area contributed by atoms with Gasteiger partial charge >= 0.3 is 0 Å². The van der Waals surface area contributed by atoms with E-state index >= 15 is 0 Å². The minimum absolute atomic E-state index is 0.00465. The molecule has 0 saturated heterocycles. The summed E-state index contributed by atoms with van der Waals surface area (Å²) in [6.07, 6.45) is 0.328. The number of amides is 1. The van der Waals surface area contributed by atoms with E-state index in [1.54, 1.807) is 17.5 Å². The van der Waals surface area contributed by atoms with Gasteiger partial charge in [0.2, 0.25) is 5.91 Å². The van der Waals surface area contributed by atoms with E-state index in [0.717, 1.165) is 9.35 Å². The van der Waals surface area contributed by atoms with Crippen LogP contribution >= 0.6 is 34.4 Å². The maximum absolute atomic E-state index is 12.0. The Kier molecular flexibility index (Phi) is 5.91. The van der Waals surface area contributed by atoms with E-state index in [4.69, 9.17) is 0 Å². The van der Waals surface area contributed by atoms with Crippen molar-refractivity contribution in [2.75, 3.05) is 11.1 Å². The van der Waals surface area contributed by atoms with E-state index in [2.05, 4.69) is 20.5 Å². The first kappa shape index (κ1) is 18.4. The van der Waals surface area contributed by atoms with Gasteiger partial charge in [-0.1, -0.05) is 35.2 Å². The molecular formula is C15H13N5O3S3. The molecule has 2 heterocycles. The van der Waals surface area contributed by atoms with Crippen molar-refractivity contribution in [1.29, 1.82) is 0 Å². The summed E-state index contributed by atoms with van der Waals surface area (Å²) in [5.41, 5.74) is 1.23. The summed E-state index contributed by atoms with van der Waals surface area (Å²) in [5, 5.41) is 24.7. The summed E-state index contributed by atoms with van der Waals surface area (Å²) in [7, 11) is 0. The predicted molar refractivity (Wildman–Crippen MR) is 103 cm³/mol. The molecule has 0 radical (unpaired) electrons. The van der Waals surface area contributed by atoms with Crippen LogP contribution in [-0.4, -0.2) is 31.8 Å². The fourth-order valence-electron chi connectivity index (χ4n) is 1.99. The van der Waals surface area contributed by atoms with Gasteiger partial charge in [-0.3, -0.25) is 14.9 Å². The number of hydrogen-bond donors (Lipinski definition) is 1. The molecule has 0 bridgehead atoms. The Morgan fingerprint density at radius 3 is 2.96 bits per heavy atom. The quantitative estimate of drug-likeness (QED) is 0.358. The molecule has 8 nitrogen and oxygen atoms in total. The summed E-state index contributed by atoms with van der Waals surface area (Å²) >= 11 is 4.27. The molecule has 134 valence electrons. The number of hydrogen-bond acceptors (Lipinski definition) is 9. The number of nitrogens with one attached hydrogen (secondary N) is 1. The average Bonchev–Trinajstić information content (AvgIpc) is 3.24. The van der Waals surface area contributed by atoms with Crippen LogP contribution in [0.25, 0.3) is 11.3 Å². The Labute approximate surface area is 160 Å². The maximum atomic E-state index is 12.0. The van der Waals surface area contributed by atoms with Gasteiger partial charge < -0.3 is 5.32 Å². The Balaban J connectivity index is 1.55. The zero-order valence-corrected chi connectivity index (χ0v) is 16.0. The van der Waals surface area contributed by atoms with Crippen LogP contribution in [0.2, 0.25) is 0 Å². The van der Waals surface area contributed by atoms with Gasteiger partial charge in [0, 0.05) is 35.2 Å². The third-order valence-electron chi connectivity index (χ3n) is 3.17. The van der Waals surface area contributed by atoms with Crippen LogP contribution in [0.1, 0.15) is 11.4 Å². The number of nitrogens with zero attached hydrogens (tertiary/aromatic N) is 4. The first-order valence-corrected chi connectivity index (χ1v) is 10.1. The predicted octanol–water partition coefficient (Wildman–Crippen LogP) is 4.00. The molecule has 0 atom stereocenters. The third-order valence-corrected chi connectivity index (χ3v) is 5.90. The molecule has 0 aliphatic heterocycles. The maximum Gasteiger partial charge on any atom is 0.270 e. The minimum atomic E-state index is -0.449. The number of thiazole rings is 1. The number of nitro benzene ring substituents is 1. The number of aromatic nitrogens is 3. The lowest BCUT2D eigenvalue weighted by Gasteiger charge is -2.00. The molecule has 0 aliphatic carbocycles. The van der Waals surface area contributed by atoms with Gasteiger partial charge in [0.15, 0.2) is 9.47 Å². The molecule has 1 amide bonds. The van der Waals surface area contributed by atoms with Crippen molar-refractivity contribution < 1.29 is 9.72 Å². The summed E-state index contributed by atoms with van der Waals surface area (Å²) in [6, 6.07) is 6.24. The van der Waals surface area contributed by atoms with E-state index in [1.165, 1.54) is 46.6 Å². The number of rotatable bonds is 7. The molecule has 2 aromatic heterocycles. The summed E-state index contributed by atoms with van der Waals surface area (Å²) in [6.45, 7) is 1.88. The highest BCUT2D eigenvalue weighted by Gasteiger charge is 2.12. The molecule has 3 aromatic rings. The topological polar surface area (TPSA) is 111 Å². The van der Waals surface area contributed by atoms with Crippen molar-refractivity contribution in [2.24, 2.45) is 0 Å². The van der Waals surface area contributed by atoms with Crippen LogP contribution in [0, 0.1) is 17.0 Å². The van der Waals surface area contributed by atoms with E-state index < -0.39 is 4.92 Å². The first-order chi connectivity index (χ1) is 12.5. The van der Waals surface area contributed by atoms with Crippen molar-refractivity contribution in [3.8, 4) is 11.3 Å². The highest BCUT2D eigenvalue weighted by Crippen LogP contribution is 2.28. The van der Waals surface area contributed by atoms with Gasteiger partial charge in [-0.05, 0) is 6.92 Å². The summed E-state index contributed by atoms with van der Waals surface area (Å²) in [5.74, 6) is 0.461. The van der Waals surface area contributed by atoms with Crippen LogP contribution in [0.15, 0.2) is 34.0 Å². The minimum Gasteiger partial charge on any atom is -0.302 e. The molecule has 26 heavy (non-hydrogen) atoms. The van der Waals surface area contributed by atoms with Crippen LogP contribution in [0.4, 0.5) is 10.8 Å². The summed E-state index contributed by atoms with van der Waals surface area (Å²) in [4.78, 5) is 26.8. The van der Waals surface area contributed by atoms with Gasteiger partial charge in [0.25, 0.3) is 5.69 Å². The number of benzene rings is 1. The van der Waals surface area contributed by atoms with Crippen molar-refractivity contribution in [3.05, 3.63) is 44.8 Å². The zero-order valence-electron chi connectivity index (χ0n) is 13.5. The van der Waals surface area contributed by atoms with Crippen LogP contribution in [0.5, 0.6) is 0 Å². The SMILES string of the molecule is Cc1nnc(SCCC(=O)Nc2nc(-c3cccc([N+](=O)[O-])c3)cs2)s1. The number of carbonyl (C=O) groups is 1. The molecule has 1 N–H and O–H groups in total. The number of non-ortho nitro benzene ring substituents is 1. The fourth-order valence-corrected chi connectivity index (χ4v) is 4.55. The molecule has 0 unspecified atom stereocenters. The number of aryl methyl sites for hydroxylation is 1. The van der Waals surface area contributed by atoms with Crippen molar-refractivity contribution in [1.82, 2.24) is 15.2 Å². The molecule has 3 rings (SSSR count). The number of carbonyl (C=O) groups excluding carboxylic acids is 1. The second-order valence-electron chi connectivity index (χ2n) is 5.08. The number of thioether (sulfide) groups is 1. The molecule has 0 spiro atoms. The zero-order chi connectivity index (χ0) is 18.5.